The molecule has 0 atom stereocenters. The predicted molar refractivity (Wildman–Crippen MR) is 76.6 cm³/mol. The van der Waals surface area contributed by atoms with E-state index in [0.29, 0.717) is 17.0 Å². The molecule has 0 saturated heterocycles. The smallest absolute Gasteiger partial charge is 0.398 e. The molecule has 0 heterocycles. The quantitative estimate of drug-likeness (QED) is 0.645. The molecule has 20 heavy (non-hydrogen) atoms. The second-order valence-electron chi connectivity index (χ2n) is 4.47. The number of hydrogen-bond acceptors (Lipinski definition) is 2. The van der Waals surface area contributed by atoms with E-state index in [-0.39, 0.29) is 0 Å². The molecule has 0 spiro atoms. The lowest BCUT2D eigenvalue weighted by Crippen LogP contribution is -2.04. The van der Waals surface area contributed by atoms with Crippen molar-refractivity contribution >= 4 is 17.4 Å². The highest BCUT2D eigenvalue weighted by Gasteiger charge is 2.30. The van der Waals surface area contributed by atoms with Gasteiger partial charge < -0.3 is 5.73 Å². The summed E-state index contributed by atoms with van der Waals surface area (Å²) >= 11 is 1.44. The molecule has 1 nitrogen and oxygen atoms in total. The van der Waals surface area contributed by atoms with Gasteiger partial charge in [-0.25, -0.2) is 0 Å². The zero-order valence-corrected chi connectivity index (χ0v) is 11.7. The molecule has 2 rings (SSSR count). The summed E-state index contributed by atoms with van der Waals surface area (Å²) in [6.45, 7) is 1.91. The summed E-state index contributed by atoms with van der Waals surface area (Å²) in [4.78, 5) is 0.891. The SMILES string of the molecule is Cc1cccc(SCc2cccc(C(F)(F)F)c2)c1N. The summed E-state index contributed by atoms with van der Waals surface area (Å²) in [5.41, 5.74) is 7.61. The van der Waals surface area contributed by atoms with E-state index in [1.807, 2.05) is 25.1 Å². The Kier molecular flexibility index (Phi) is 4.28. The van der Waals surface area contributed by atoms with E-state index in [1.165, 1.54) is 23.9 Å². The van der Waals surface area contributed by atoms with E-state index in [1.54, 1.807) is 6.07 Å². The van der Waals surface area contributed by atoms with Gasteiger partial charge in [0.05, 0.1) is 5.56 Å². The van der Waals surface area contributed by atoms with Crippen LogP contribution >= 0.6 is 11.8 Å². The average Bonchev–Trinajstić information content (AvgIpc) is 2.40. The third-order valence-corrected chi connectivity index (χ3v) is 4.08. The first kappa shape index (κ1) is 14.8. The van der Waals surface area contributed by atoms with Crippen LogP contribution in [0.15, 0.2) is 47.4 Å². The Hall–Kier alpha value is -1.62. The third-order valence-electron chi connectivity index (χ3n) is 2.93. The Balaban J connectivity index is 2.13. The van der Waals surface area contributed by atoms with Gasteiger partial charge in [-0.3, -0.25) is 0 Å². The summed E-state index contributed by atoms with van der Waals surface area (Å²) < 4.78 is 37.9. The first-order valence-electron chi connectivity index (χ1n) is 6.02. The highest BCUT2D eigenvalue weighted by Crippen LogP contribution is 2.33. The molecule has 0 bridgehead atoms. The van der Waals surface area contributed by atoms with Crippen molar-refractivity contribution in [2.24, 2.45) is 0 Å². The molecule has 0 radical (unpaired) electrons. The van der Waals surface area contributed by atoms with Crippen molar-refractivity contribution in [1.82, 2.24) is 0 Å². The molecular formula is C15H14F3NS. The van der Waals surface area contributed by atoms with E-state index in [9.17, 15) is 13.2 Å². The number of benzene rings is 2. The monoisotopic (exact) mass is 297 g/mol. The number of hydrogen-bond donors (Lipinski definition) is 1. The highest BCUT2D eigenvalue weighted by molar-refractivity contribution is 7.98. The van der Waals surface area contributed by atoms with E-state index >= 15 is 0 Å². The fourth-order valence-electron chi connectivity index (χ4n) is 1.78. The fourth-order valence-corrected chi connectivity index (χ4v) is 2.77. The Morgan fingerprint density at radius 3 is 2.50 bits per heavy atom. The Morgan fingerprint density at radius 2 is 1.80 bits per heavy atom. The lowest BCUT2D eigenvalue weighted by Gasteiger charge is -2.10. The number of nitrogens with two attached hydrogens (primary N) is 1. The number of rotatable bonds is 3. The minimum atomic E-state index is -4.30. The summed E-state index contributed by atoms with van der Waals surface area (Å²) in [5, 5.41) is 0. The number of anilines is 1. The van der Waals surface area contributed by atoms with Crippen molar-refractivity contribution < 1.29 is 13.2 Å². The van der Waals surface area contributed by atoms with Gasteiger partial charge in [0.25, 0.3) is 0 Å². The Morgan fingerprint density at radius 1 is 1.10 bits per heavy atom. The van der Waals surface area contributed by atoms with Crippen LogP contribution in [0.25, 0.3) is 0 Å². The van der Waals surface area contributed by atoms with E-state index in [4.69, 9.17) is 5.73 Å². The van der Waals surface area contributed by atoms with Crippen molar-refractivity contribution in [2.75, 3.05) is 5.73 Å². The van der Waals surface area contributed by atoms with Gasteiger partial charge in [-0.05, 0) is 30.2 Å². The van der Waals surface area contributed by atoms with Crippen LogP contribution in [0.2, 0.25) is 0 Å². The van der Waals surface area contributed by atoms with Crippen LogP contribution in [0.3, 0.4) is 0 Å². The van der Waals surface area contributed by atoms with Crippen LogP contribution < -0.4 is 5.73 Å². The maximum Gasteiger partial charge on any atom is 0.416 e. The van der Waals surface area contributed by atoms with E-state index in [2.05, 4.69) is 0 Å². The number of alkyl halides is 3. The second-order valence-corrected chi connectivity index (χ2v) is 5.49. The predicted octanol–water partition coefficient (Wildman–Crippen LogP) is 4.89. The Bertz CT molecular complexity index is 608. The van der Waals surface area contributed by atoms with Crippen molar-refractivity contribution in [3.63, 3.8) is 0 Å². The van der Waals surface area contributed by atoms with Crippen LogP contribution in [0.5, 0.6) is 0 Å². The van der Waals surface area contributed by atoms with Crippen LogP contribution in [-0.2, 0) is 11.9 Å². The number of para-hydroxylation sites is 1. The molecule has 0 aliphatic carbocycles. The molecule has 2 aromatic rings. The topological polar surface area (TPSA) is 26.0 Å². The largest absolute Gasteiger partial charge is 0.416 e. The summed E-state index contributed by atoms with van der Waals surface area (Å²) in [5.74, 6) is 0.456. The Labute approximate surface area is 120 Å². The lowest BCUT2D eigenvalue weighted by atomic mass is 10.1. The summed E-state index contributed by atoms with van der Waals surface area (Å²) in [7, 11) is 0. The van der Waals surface area contributed by atoms with Gasteiger partial charge in [0.2, 0.25) is 0 Å². The van der Waals surface area contributed by atoms with E-state index < -0.39 is 11.7 Å². The van der Waals surface area contributed by atoms with Crippen molar-refractivity contribution in [3.8, 4) is 0 Å². The average molecular weight is 297 g/mol. The normalized spacial score (nSPS) is 11.6. The highest BCUT2D eigenvalue weighted by atomic mass is 32.2. The molecule has 5 heteroatoms. The maximum atomic E-state index is 12.6. The number of thioether (sulfide) groups is 1. The van der Waals surface area contributed by atoms with Crippen LogP contribution in [0.1, 0.15) is 16.7 Å². The van der Waals surface area contributed by atoms with Gasteiger partial charge in [-0.1, -0.05) is 30.3 Å². The molecule has 0 aliphatic rings. The molecule has 2 aromatic carbocycles. The summed E-state index contributed by atoms with van der Waals surface area (Å²) in [6.07, 6.45) is -4.30. The van der Waals surface area contributed by atoms with Gasteiger partial charge >= 0.3 is 6.18 Å². The molecule has 0 aliphatic heterocycles. The van der Waals surface area contributed by atoms with Gasteiger partial charge in [-0.15, -0.1) is 11.8 Å². The zero-order chi connectivity index (χ0) is 14.8. The molecule has 106 valence electrons. The van der Waals surface area contributed by atoms with Crippen molar-refractivity contribution in [2.45, 2.75) is 23.7 Å². The van der Waals surface area contributed by atoms with Gasteiger partial charge in [-0.2, -0.15) is 13.2 Å². The first-order valence-corrected chi connectivity index (χ1v) is 7.00. The van der Waals surface area contributed by atoms with Crippen LogP contribution in [-0.4, -0.2) is 0 Å². The standard InChI is InChI=1S/C15H14F3NS/c1-10-4-2-7-13(14(10)19)20-9-11-5-3-6-12(8-11)15(16,17)18/h2-8H,9,19H2,1H3. The first-order chi connectivity index (χ1) is 9.38. The number of nitrogen functional groups attached to an aromatic ring is 1. The van der Waals surface area contributed by atoms with Crippen LogP contribution in [0, 0.1) is 6.92 Å². The fraction of sp³-hybridized carbons (Fsp3) is 0.200. The molecule has 2 N–H and O–H groups in total. The number of aryl methyl sites for hydroxylation is 1. The molecule has 0 saturated carbocycles. The molecule has 0 aromatic heterocycles. The third kappa shape index (κ3) is 3.48. The molecule has 0 unspecified atom stereocenters. The lowest BCUT2D eigenvalue weighted by molar-refractivity contribution is -0.137. The minimum absolute atomic E-state index is 0.456. The molecular weight excluding hydrogens is 283 g/mol. The van der Waals surface area contributed by atoms with Crippen molar-refractivity contribution in [1.29, 1.82) is 0 Å². The van der Waals surface area contributed by atoms with Gasteiger partial charge in [0.15, 0.2) is 0 Å². The zero-order valence-electron chi connectivity index (χ0n) is 10.9. The molecule has 0 amide bonds. The van der Waals surface area contributed by atoms with E-state index in [0.717, 1.165) is 16.5 Å². The second kappa shape index (κ2) is 5.79. The van der Waals surface area contributed by atoms with Gasteiger partial charge in [0, 0.05) is 16.3 Å². The molecule has 0 fully saturated rings. The number of halogens is 3. The minimum Gasteiger partial charge on any atom is -0.398 e. The maximum absolute atomic E-state index is 12.6. The van der Waals surface area contributed by atoms with Crippen LogP contribution in [0.4, 0.5) is 18.9 Å². The van der Waals surface area contributed by atoms with Crippen molar-refractivity contribution in [3.05, 3.63) is 59.2 Å². The van der Waals surface area contributed by atoms with Gasteiger partial charge in [0.1, 0.15) is 0 Å². The summed E-state index contributed by atoms with van der Waals surface area (Å²) in [6, 6.07) is 11.0.